The Balaban J connectivity index is 1.27. The maximum atomic E-state index is 14.8. The van der Waals surface area contributed by atoms with Crippen LogP contribution in [0.3, 0.4) is 0 Å². The summed E-state index contributed by atoms with van der Waals surface area (Å²) in [5, 5.41) is 10.7. The molecule has 2 N–H and O–H groups in total. The number of hydrogen-bond acceptors (Lipinski definition) is 8. The first-order valence-corrected chi connectivity index (χ1v) is 18.8. The maximum Gasteiger partial charge on any atom is 0.289 e. The number of fused-ring (bicyclic) bond motifs is 1. The van der Waals surface area contributed by atoms with Gasteiger partial charge in [0.2, 0.25) is 17.6 Å². The van der Waals surface area contributed by atoms with E-state index in [4.69, 9.17) is 4.84 Å². The Bertz CT molecular complexity index is 1680. The van der Waals surface area contributed by atoms with Gasteiger partial charge in [-0.3, -0.25) is 29.0 Å². The fourth-order valence-electron chi connectivity index (χ4n) is 8.24. The number of benzene rings is 1. The number of amides is 3. The normalized spacial score (nSPS) is 23.6. The van der Waals surface area contributed by atoms with E-state index in [-0.39, 0.29) is 37.0 Å². The Kier molecular flexibility index (Phi) is 10.9. The van der Waals surface area contributed by atoms with Crippen LogP contribution in [0.5, 0.6) is 0 Å². The van der Waals surface area contributed by atoms with Crippen molar-refractivity contribution in [2.75, 3.05) is 13.6 Å². The van der Waals surface area contributed by atoms with E-state index in [0.29, 0.717) is 30.9 Å². The van der Waals surface area contributed by atoms with E-state index in [1.807, 2.05) is 51.1 Å². The standard InChI is InChI=1S/C40H53N5O6/c1-39(2,3)30(21-28(46)19-25-11-7-5-6-8-12-25)38(50)45-24-40(22-32(44-51-40)29-15-9-13-27-14-10-18-42-34(27)29)23-33(45)36(48)43-31(20-26-16-17-26)35(47)37(49)41-4/h9-10,13-15,18,25-26,30-31,33H,5-8,11-12,16-17,19-24H2,1-4H3,(H,41,49)(H,43,48)/t30-,31+,33+,40-/m1/s1. The molecule has 1 spiro atoms. The van der Waals surface area contributed by atoms with Crippen LogP contribution in [0.4, 0.5) is 0 Å². The Morgan fingerprint density at radius 3 is 2.39 bits per heavy atom. The van der Waals surface area contributed by atoms with Gasteiger partial charge in [-0.2, -0.15) is 0 Å². The number of Topliss-reactive ketones (excluding diaryl/α,β-unsaturated/α-hetero) is 2. The summed E-state index contributed by atoms with van der Waals surface area (Å²) in [6.45, 7) is 5.98. The van der Waals surface area contributed by atoms with Gasteiger partial charge in [0.15, 0.2) is 5.60 Å². The molecule has 2 aromatic rings. The number of pyridine rings is 1. The van der Waals surface area contributed by atoms with E-state index in [1.54, 1.807) is 11.1 Å². The number of para-hydroxylation sites is 1. The Labute approximate surface area is 300 Å². The predicted molar refractivity (Wildman–Crippen MR) is 194 cm³/mol. The smallest absolute Gasteiger partial charge is 0.289 e. The third kappa shape index (κ3) is 8.50. The summed E-state index contributed by atoms with van der Waals surface area (Å²) in [4.78, 5) is 80.6. The minimum Gasteiger partial charge on any atom is -0.387 e. The van der Waals surface area contributed by atoms with Crippen molar-refractivity contribution < 1.29 is 28.8 Å². The second-order valence-corrected chi connectivity index (χ2v) is 16.5. The molecule has 11 nitrogen and oxygen atoms in total. The van der Waals surface area contributed by atoms with Gasteiger partial charge >= 0.3 is 0 Å². The third-order valence-corrected chi connectivity index (χ3v) is 11.4. The lowest BCUT2D eigenvalue weighted by molar-refractivity contribution is -0.147. The quantitative estimate of drug-likeness (QED) is 0.226. The number of oxime groups is 1. The van der Waals surface area contributed by atoms with E-state index in [2.05, 4.69) is 20.8 Å². The number of nitrogens with zero attached hydrogens (tertiary/aromatic N) is 3. The number of rotatable bonds is 12. The van der Waals surface area contributed by atoms with Crippen molar-refractivity contribution in [1.82, 2.24) is 20.5 Å². The first-order valence-electron chi connectivity index (χ1n) is 18.8. The number of hydrogen-bond donors (Lipinski definition) is 2. The molecule has 11 heteroatoms. The fourth-order valence-corrected chi connectivity index (χ4v) is 8.24. The van der Waals surface area contributed by atoms with Gasteiger partial charge < -0.3 is 20.4 Å². The molecular formula is C40H53N5O6. The second kappa shape index (κ2) is 15.2. The molecule has 1 saturated heterocycles. The highest BCUT2D eigenvalue weighted by Gasteiger charge is 2.56. The largest absolute Gasteiger partial charge is 0.387 e. The van der Waals surface area contributed by atoms with Crippen molar-refractivity contribution >= 4 is 45.9 Å². The van der Waals surface area contributed by atoms with Gasteiger partial charge in [-0.25, -0.2) is 0 Å². The molecule has 0 unspecified atom stereocenters. The zero-order valence-electron chi connectivity index (χ0n) is 30.5. The van der Waals surface area contributed by atoms with Crippen molar-refractivity contribution in [1.29, 1.82) is 0 Å². The molecule has 3 fully saturated rings. The van der Waals surface area contributed by atoms with Crippen LogP contribution < -0.4 is 10.6 Å². The van der Waals surface area contributed by atoms with Gasteiger partial charge in [-0.05, 0) is 29.7 Å². The third-order valence-electron chi connectivity index (χ3n) is 11.4. The molecule has 3 heterocycles. The lowest BCUT2D eigenvalue weighted by Gasteiger charge is -2.35. The first-order chi connectivity index (χ1) is 24.4. The van der Waals surface area contributed by atoms with Gasteiger partial charge in [-0.1, -0.05) is 102 Å². The number of likely N-dealkylation sites (tertiary alicyclic amines) is 1. The van der Waals surface area contributed by atoms with Crippen LogP contribution in [0.25, 0.3) is 10.9 Å². The topological polar surface area (TPSA) is 147 Å². The zero-order chi connectivity index (χ0) is 36.3. The molecule has 0 bridgehead atoms. The SMILES string of the molecule is CNC(=O)C(=O)[C@H](CC1CC1)NC(=O)[C@@H]1C[C@]2(CC(c3cccc4cccnc34)=NO2)CN1C(=O)[C@@H](CC(=O)CC1CCCCCC1)C(C)(C)C. The summed E-state index contributed by atoms with van der Waals surface area (Å²) in [6.07, 6.45) is 11.8. The van der Waals surface area contributed by atoms with Crippen molar-refractivity contribution in [2.24, 2.45) is 28.3 Å². The lowest BCUT2D eigenvalue weighted by atomic mass is 9.75. The average Bonchev–Trinajstić information content (AvgIpc) is 3.80. The molecule has 4 atom stereocenters. The summed E-state index contributed by atoms with van der Waals surface area (Å²) in [7, 11) is 1.39. The van der Waals surface area contributed by atoms with Gasteiger partial charge in [-0.15, -0.1) is 0 Å². The zero-order valence-corrected chi connectivity index (χ0v) is 30.5. The van der Waals surface area contributed by atoms with Gasteiger partial charge in [0.05, 0.1) is 23.8 Å². The number of aromatic nitrogens is 1. The Morgan fingerprint density at radius 1 is 0.980 bits per heavy atom. The molecule has 6 rings (SSSR count). The van der Waals surface area contributed by atoms with E-state index in [0.717, 1.165) is 55.0 Å². The summed E-state index contributed by atoms with van der Waals surface area (Å²) in [5.41, 5.74) is 0.736. The first kappa shape index (κ1) is 36.6. The van der Waals surface area contributed by atoms with Gasteiger partial charge in [0.1, 0.15) is 11.8 Å². The average molecular weight is 700 g/mol. The van der Waals surface area contributed by atoms with E-state index >= 15 is 0 Å². The minimum absolute atomic E-state index is 0.0805. The number of likely N-dealkylation sites (N-methyl/N-ethyl adjacent to an activating group) is 1. The van der Waals surface area contributed by atoms with Crippen LogP contribution >= 0.6 is 0 Å². The van der Waals surface area contributed by atoms with E-state index in [9.17, 15) is 24.0 Å². The van der Waals surface area contributed by atoms with Crippen molar-refractivity contribution in [3.8, 4) is 0 Å². The molecule has 1 aromatic heterocycles. The van der Waals surface area contributed by atoms with E-state index < -0.39 is 46.6 Å². The highest BCUT2D eigenvalue weighted by molar-refractivity contribution is 6.38. The van der Waals surface area contributed by atoms with Crippen molar-refractivity contribution in [3.63, 3.8) is 0 Å². The van der Waals surface area contributed by atoms with Crippen LogP contribution in [-0.4, -0.2) is 76.2 Å². The minimum atomic E-state index is -1.00. The monoisotopic (exact) mass is 699 g/mol. The molecule has 0 radical (unpaired) electrons. The van der Waals surface area contributed by atoms with Crippen molar-refractivity contribution in [3.05, 3.63) is 42.1 Å². The summed E-state index contributed by atoms with van der Waals surface area (Å²) in [6, 6.07) is 7.74. The van der Waals surface area contributed by atoms with Crippen molar-refractivity contribution in [2.45, 2.75) is 122 Å². The molecule has 3 amide bonds. The molecule has 4 aliphatic rings. The summed E-state index contributed by atoms with van der Waals surface area (Å²) in [5.74, 6) is -2.25. The predicted octanol–water partition coefficient (Wildman–Crippen LogP) is 5.28. The number of ketones is 2. The van der Waals surface area contributed by atoms with Crippen LogP contribution in [-0.2, 0) is 28.8 Å². The molecule has 2 aliphatic heterocycles. The van der Waals surface area contributed by atoms with E-state index in [1.165, 1.54) is 19.9 Å². The van der Waals surface area contributed by atoms with Crippen LogP contribution in [0, 0.1) is 23.2 Å². The number of carbonyl (C=O) groups is 5. The highest BCUT2D eigenvalue weighted by atomic mass is 16.7. The highest BCUT2D eigenvalue weighted by Crippen LogP contribution is 2.43. The molecule has 1 aromatic carbocycles. The van der Waals surface area contributed by atoms with Gasteiger partial charge in [0, 0.05) is 55.8 Å². The molecule has 51 heavy (non-hydrogen) atoms. The molecule has 274 valence electrons. The van der Waals surface area contributed by atoms with Crippen LogP contribution in [0.2, 0.25) is 0 Å². The fraction of sp³-hybridized carbons (Fsp3) is 0.625. The van der Waals surface area contributed by atoms with Crippen LogP contribution in [0.15, 0.2) is 41.7 Å². The number of carbonyl (C=O) groups excluding carboxylic acids is 5. The lowest BCUT2D eigenvalue weighted by Crippen LogP contribution is -2.54. The molecule has 2 aliphatic carbocycles. The molecular weight excluding hydrogens is 646 g/mol. The summed E-state index contributed by atoms with van der Waals surface area (Å²) < 4.78 is 0. The number of nitrogens with one attached hydrogen (secondary N) is 2. The maximum absolute atomic E-state index is 14.8. The second-order valence-electron chi connectivity index (χ2n) is 16.5. The molecule has 2 saturated carbocycles. The Morgan fingerprint density at radius 2 is 1.71 bits per heavy atom. The summed E-state index contributed by atoms with van der Waals surface area (Å²) >= 11 is 0. The van der Waals surface area contributed by atoms with Crippen LogP contribution in [0.1, 0.15) is 110 Å². The Hall–Kier alpha value is -4.15. The van der Waals surface area contributed by atoms with Gasteiger partial charge in [0.25, 0.3) is 5.91 Å².